The normalized spacial score (nSPS) is 11.7. The predicted molar refractivity (Wildman–Crippen MR) is 115 cm³/mol. The highest BCUT2D eigenvalue weighted by Gasteiger charge is 2.25. The number of halogens is 2. The van der Waals surface area contributed by atoms with Crippen molar-refractivity contribution in [3.8, 4) is 11.5 Å². The molecule has 0 aliphatic heterocycles. The zero-order valence-electron chi connectivity index (χ0n) is 15.9. The van der Waals surface area contributed by atoms with Gasteiger partial charge in [0.15, 0.2) is 11.5 Å². The minimum atomic E-state index is -1.16. The van der Waals surface area contributed by atoms with Crippen molar-refractivity contribution in [1.82, 2.24) is 0 Å². The van der Waals surface area contributed by atoms with E-state index in [1.165, 1.54) is 0 Å². The minimum Gasteiger partial charge on any atom is -0.485 e. The zero-order chi connectivity index (χ0) is 21.5. The van der Waals surface area contributed by atoms with E-state index in [1.807, 2.05) is 36.4 Å². The second-order valence-corrected chi connectivity index (χ2v) is 7.32. The van der Waals surface area contributed by atoms with E-state index in [9.17, 15) is 15.0 Å². The monoisotopic (exact) mass is 446 g/mol. The first kappa shape index (κ1) is 22.0. The molecule has 0 saturated heterocycles. The molecule has 3 aromatic carbocycles. The van der Waals surface area contributed by atoms with Crippen molar-refractivity contribution in [2.24, 2.45) is 0 Å². The fourth-order valence-corrected chi connectivity index (χ4v) is 3.30. The van der Waals surface area contributed by atoms with Crippen molar-refractivity contribution in [3.63, 3.8) is 0 Å². The minimum absolute atomic E-state index is 0.108. The lowest BCUT2D eigenvalue weighted by Gasteiger charge is -2.20. The van der Waals surface area contributed by atoms with Gasteiger partial charge in [-0.3, -0.25) is 4.79 Å². The van der Waals surface area contributed by atoms with Crippen LogP contribution in [0.25, 0.3) is 0 Å². The number of ether oxygens (including phenoxy) is 2. The molecular weight excluding hydrogens is 427 g/mol. The van der Waals surface area contributed by atoms with Gasteiger partial charge in [-0.15, -0.1) is 0 Å². The summed E-state index contributed by atoms with van der Waals surface area (Å²) in [6.45, 7) is -0.300. The molecule has 0 saturated carbocycles. The Bertz CT molecular complexity index is 1020. The fourth-order valence-electron chi connectivity index (χ4n) is 2.92. The molecule has 5 nitrogen and oxygen atoms in total. The molecule has 0 aliphatic carbocycles. The summed E-state index contributed by atoms with van der Waals surface area (Å²) in [6, 6.07) is 19.4. The lowest BCUT2D eigenvalue weighted by Crippen LogP contribution is -2.17. The summed E-state index contributed by atoms with van der Waals surface area (Å²) < 4.78 is 11.9. The Hall–Kier alpha value is -2.73. The Labute approximate surface area is 184 Å². The number of hydrogen-bond donors (Lipinski definition) is 2. The molecule has 1 atom stereocenters. The predicted octanol–water partition coefficient (Wildman–Crippen LogP) is 5.31. The third kappa shape index (κ3) is 5.25. The van der Waals surface area contributed by atoms with Gasteiger partial charge in [0.25, 0.3) is 0 Å². The summed E-state index contributed by atoms with van der Waals surface area (Å²) in [5.41, 5.74) is 1.83. The topological polar surface area (TPSA) is 76.0 Å². The molecule has 7 heteroatoms. The number of carbonyl (C=O) groups is 1. The van der Waals surface area contributed by atoms with E-state index in [2.05, 4.69) is 0 Å². The Kier molecular flexibility index (Phi) is 7.57. The number of para-hydroxylation sites is 1. The van der Waals surface area contributed by atoms with Crippen LogP contribution in [0.4, 0.5) is 0 Å². The maximum Gasteiger partial charge on any atom is 0.313 e. The number of aliphatic carboxylic acids is 1. The van der Waals surface area contributed by atoms with Gasteiger partial charge in [0.2, 0.25) is 0 Å². The van der Waals surface area contributed by atoms with Gasteiger partial charge in [-0.2, -0.15) is 0 Å². The second-order valence-electron chi connectivity index (χ2n) is 6.51. The molecule has 156 valence electrons. The van der Waals surface area contributed by atoms with E-state index in [1.54, 1.807) is 30.3 Å². The van der Waals surface area contributed by atoms with Crippen LogP contribution in [0.15, 0.2) is 66.7 Å². The molecule has 1 unspecified atom stereocenters. The van der Waals surface area contributed by atoms with Crippen LogP contribution in [0.1, 0.15) is 22.6 Å². The quantitative estimate of drug-likeness (QED) is 0.465. The molecule has 0 spiro atoms. The largest absolute Gasteiger partial charge is 0.485 e. The molecule has 30 heavy (non-hydrogen) atoms. The number of hydrogen-bond acceptors (Lipinski definition) is 4. The summed E-state index contributed by atoms with van der Waals surface area (Å²) in [5, 5.41) is 20.2. The van der Waals surface area contributed by atoms with E-state index < -0.39 is 18.5 Å². The summed E-state index contributed by atoms with van der Waals surface area (Å²) in [4.78, 5) is 11.7. The van der Waals surface area contributed by atoms with Crippen molar-refractivity contribution >= 4 is 29.2 Å². The molecule has 0 aliphatic rings. The van der Waals surface area contributed by atoms with Crippen LogP contribution in [-0.4, -0.2) is 22.8 Å². The maximum absolute atomic E-state index is 11.7. The molecule has 3 aromatic rings. The van der Waals surface area contributed by atoms with E-state index >= 15 is 0 Å². The summed E-state index contributed by atoms with van der Waals surface area (Å²) in [7, 11) is 0. The van der Waals surface area contributed by atoms with Crippen LogP contribution in [0, 0.1) is 0 Å². The third-order valence-corrected chi connectivity index (χ3v) is 5.27. The third-order valence-electron chi connectivity index (χ3n) is 4.54. The van der Waals surface area contributed by atoms with Gasteiger partial charge in [0.1, 0.15) is 19.1 Å². The van der Waals surface area contributed by atoms with Gasteiger partial charge >= 0.3 is 5.97 Å². The van der Waals surface area contributed by atoms with Gasteiger partial charge in [-0.05, 0) is 18.2 Å². The van der Waals surface area contributed by atoms with Crippen LogP contribution in [0.5, 0.6) is 11.5 Å². The molecule has 0 heterocycles. The van der Waals surface area contributed by atoms with Crippen LogP contribution in [0.2, 0.25) is 10.0 Å². The Balaban J connectivity index is 1.93. The van der Waals surface area contributed by atoms with Crippen molar-refractivity contribution in [3.05, 3.63) is 93.5 Å². The second kappa shape index (κ2) is 10.3. The summed E-state index contributed by atoms with van der Waals surface area (Å²) in [6.07, 6.45) is 0. The van der Waals surface area contributed by atoms with Crippen LogP contribution < -0.4 is 9.47 Å². The van der Waals surface area contributed by atoms with Gasteiger partial charge in [0, 0.05) is 26.7 Å². The van der Waals surface area contributed by atoms with E-state index in [-0.39, 0.29) is 19.0 Å². The highest BCUT2D eigenvalue weighted by Crippen LogP contribution is 2.37. The Morgan fingerprint density at radius 2 is 1.40 bits per heavy atom. The first-order chi connectivity index (χ1) is 14.5. The molecule has 2 N–H and O–H groups in total. The van der Waals surface area contributed by atoms with E-state index in [4.69, 9.17) is 32.7 Å². The van der Waals surface area contributed by atoms with Crippen molar-refractivity contribution in [2.75, 3.05) is 6.61 Å². The molecule has 0 bridgehead atoms. The summed E-state index contributed by atoms with van der Waals surface area (Å²) >= 11 is 12.4. The smallest absolute Gasteiger partial charge is 0.313 e. The average molecular weight is 447 g/mol. The lowest BCUT2D eigenvalue weighted by atomic mass is 9.98. The highest BCUT2D eigenvalue weighted by atomic mass is 35.5. The maximum atomic E-state index is 11.7. The molecule has 0 amide bonds. The van der Waals surface area contributed by atoms with Gasteiger partial charge in [-0.1, -0.05) is 71.7 Å². The van der Waals surface area contributed by atoms with Crippen LogP contribution >= 0.6 is 23.2 Å². The highest BCUT2D eigenvalue weighted by molar-refractivity contribution is 6.31. The number of benzene rings is 3. The summed E-state index contributed by atoms with van der Waals surface area (Å²) in [5.74, 6) is -1.73. The molecular formula is C23H20Cl2O5. The van der Waals surface area contributed by atoms with Crippen molar-refractivity contribution in [1.29, 1.82) is 0 Å². The SMILES string of the molecule is O=C(O)C(CO)c1cccc(OCc2ccccc2Cl)c1OCc1ccccc1Cl. The van der Waals surface area contributed by atoms with Gasteiger partial charge < -0.3 is 19.7 Å². The first-order valence-electron chi connectivity index (χ1n) is 9.20. The van der Waals surface area contributed by atoms with E-state index in [0.29, 0.717) is 21.4 Å². The van der Waals surface area contributed by atoms with E-state index in [0.717, 1.165) is 11.1 Å². The van der Waals surface area contributed by atoms with Gasteiger partial charge in [0.05, 0.1) is 6.61 Å². The Morgan fingerprint density at radius 3 is 1.93 bits per heavy atom. The Morgan fingerprint density at radius 1 is 0.833 bits per heavy atom. The zero-order valence-corrected chi connectivity index (χ0v) is 17.4. The number of carboxylic acids is 1. The molecule has 3 rings (SSSR count). The average Bonchev–Trinajstić information content (AvgIpc) is 2.73. The first-order valence-corrected chi connectivity index (χ1v) is 9.95. The van der Waals surface area contributed by atoms with Crippen molar-refractivity contribution in [2.45, 2.75) is 19.1 Å². The molecule has 0 aromatic heterocycles. The van der Waals surface area contributed by atoms with Crippen molar-refractivity contribution < 1.29 is 24.5 Å². The lowest BCUT2D eigenvalue weighted by molar-refractivity contribution is -0.139. The van der Waals surface area contributed by atoms with Gasteiger partial charge in [-0.25, -0.2) is 0 Å². The van der Waals surface area contributed by atoms with Crippen LogP contribution in [-0.2, 0) is 18.0 Å². The molecule has 0 radical (unpaired) electrons. The number of rotatable bonds is 9. The fraction of sp³-hybridized carbons (Fsp3) is 0.174. The molecule has 0 fully saturated rings. The standard InChI is InChI=1S/C23H20Cl2O5/c24-19-9-3-1-6-15(19)13-29-21-11-5-8-17(18(12-26)23(27)28)22(21)30-14-16-7-2-4-10-20(16)25/h1-11,18,26H,12-14H2,(H,27,28). The number of carboxylic acid groups (broad SMARTS) is 1. The number of aliphatic hydroxyl groups excluding tert-OH is 1. The van der Waals surface area contributed by atoms with Crippen LogP contribution in [0.3, 0.4) is 0 Å². The number of aliphatic hydroxyl groups is 1.